The molecule has 0 aromatic carbocycles. The van der Waals surface area contributed by atoms with Crippen LogP contribution < -0.4 is 0 Å². The van der Waals surface area contributed by atoms with E-state index in [0.717, 1.165) is 17.9 Å². The number of nitrogens with zero attached hydrogens (tertiary/aromatic N) is 4. The van der Waals surface area contributed by atoms with Crippen LogP contribution in [0.15, 0.2) is 18.3 Å². The summed E-state index contributed by atoms with van der Waals surface area (Å²) in [6.45, 7) is 3.15. The van der Waals surface area contributed by atoms with Crippen molar-refractivity contribution in [1.29, 1.82) is 0 Å². The highest BCUT2D eigenvalue weighted by atomic mass is 35.5. The van der Waals surface area contributed by atoms with Crippen molar-refractivity contribution >= 4 is 11.6 Å². The topological polar surface area (TPSA) is 52.8 Å². The highest BCUT2D eigenvalue weighted by Crippen LogP contribution is 2.19. The summed E-state index contributed by atoms with van der Waals surface area (Å²) in [7, 11) is 1.60. The lowest BCUT2D eigenvalue weighted by Crippen LogP contribution is -2.03. The summed E-state index contributed by atoms with van der Waals surface area (Å²) in [6.07, 6.45) is 1.74. The van der Waals surface area contributed by atoms with Crippen molar-refractivity contribution < 1.29 is 4.74 Å². The third-order valence-electron chi connectivity index (χ3n) is 2.29. The quantitative estimate of drug-likeness (QED) is 0.783. The molecule has 0 aliphatic rings. The summed E-state index contributed by atoms with van der Waals surface area (Å²) >= 11 is 5.96. The lowest BCUT2D eigenvalue weighted by Gasteiger charge is -2.06. The molecule has 0 atom stereocenters. The largest absolute Gasteiger partial charge is 0.377 e. The predicted molar refractivity (Wildman–Crippen MR) is 64.7 cm³/mol. The van der Waals surface area contributed by atoms with E-state index >= 15 is 0 Å². The second-order valence-corrected chi connectivity index (χ2v) is 3.84. The molecule has 0 spiro atoms. The monoisotopic (exact) mass is 252 g/mol. The molecule has 2 aromatic rings. The first-order valence-electron chi connectivity index (χ1n) is 5.29. The van der Waals surface area contributed by atoms with Crippen LogP contribution >= 0.6 is 11.6 Å². The molecule has 0 amide bonds. The number of rotatable bonds is 4. The molecule has 0 fully saturated rings. The molecule has 17 heavy (non-hydrogen) atoms. The van der Waals surface area contributed by atoms with E-state index in [0.29, 0.717) is 17.6 Å². The molecule has 2 aromatic heterocycles. The van der Waals surface area contributed by atoms with Crippen LogP contribution in [-0.4, -0.2) is 26.9 Å². The van der Waals surface area contributed by atoms with E-state index in [9.17, 15) is 0 Å². The average Bonchev–Trinajstić information content (AvgIpc) is 2.76. The molecule has 0 saturated carbocycles. The van der Waals surface area contributed by atoms with Crippen LogP contribution in [0.4, 0.5) is 0 Å². The first-order valence-corrected chi connectivity index (χ1v) is 5.67. The van der Waals surface area contributed by atoms with Crippen LogP contribution in [0.1, 0.15) is 12.7 Å². The van der Waals surface area contributed by atoms with E-state index in [-0.39, 0.29) is 0 Å². The minimum atomic E-state index is 0.341. The molecule has 90 valence electrons. The second-order valence-electron chi connectivity index (χ2n) is 3.46. The number of halogens is 1. The number of aromatic nitrogens is 4. The lowest BCUT2D eigenvalue weighted by molar-refractivity contribution is 0.178. The highest BCUT2D eigenvalue weighted by Gasteiger charge is 2.09. The zero-order valence-electron chi connectivity index (χ0n) is 9.72. The van der Waals surface area contributed by atoms with Crippen LogP contribution in [0, 0.1) is 0 Å². The Kier molecular flexibility index (Phi) is 3.71. The van der Waals surface area contributed by atoms with Crippen molar-refractivity contribution in [3.63, 3.8) is 0 Å². The summed E-state index contributed by atoms with van der Waals surface area (Å²) in [5, 5.41) is 4.61. The number of aryl methyl sites for hydroxylation is 1. The van der Waals surface area contributed by atoms with Crippen molar-refractivity contribution in [2.45, 2.75) is 20.1 Å². The van der Waals surface area contributed by atoms with Gasteiger partial charge in [0.05, 0.1) is 11.4 Å². The summed E-state index contributed by atoms with van der Waals surface area (Å²) in [6, 6.07) is 3.63. The van der Waals surface area contributed by atoms with Gasteiger partial charge < -0.3 is 4.74 Å². The van der Waals surface area contributed by atoms with E-state index in [4.69, 9.17) is 16.3 Å². The van der Waals surface area contributed by atoms with Crippen molar-refractivity contribution in [3.05, 3.63) is 29.3 Å². The van der Waals surface area contributed by atoms with Crippen molar-refractivity contribution in [2.24, 2.45) is 0 Å². The molecule has 0 N–H and O–H groups in total. The Morgan fingerprint density at radius 1 is 1.41 bits per heavy atom. The van der Waals surface area contributed by atoms with E-state index in [1.807, 2.05) is 17.7 Å². The summed E-state index contributed by atoms with van der Waals surface area (Å²) in [4.78, 5) is 8.48. The Hall–Kier alpha value is -1.46. The van der Waals surface area contributed by atoms with E-state index < -0.39 is 0 Å². The molecule has 0 saturated heterocycles. The fourth-order valence-corrected chi connectivity index (χ4v) is 1.79. The van der Waals surface area contributed by atoms with Gasteiger partial charge >= 0.3 is 0 Å². The van der Waals surface area contributed by atoms with Gasteiger partial charge in [0.1, 0.15) is 11.8 Å². The molecule has 0 aliphatic carbocycles. The van der Waals surface area contributed by atoms with Gasteiger partial charge in [-0.2, -0.15) is 5.10 Å². The fraction of sp³-hybridized carbons (Fsp3) is 0.364. The van der Waals surface area contributed by atoms with Gasteiger partial charge in [0.15, 0.2) is 5.82 Å². The minimum Gasteiger partial charge on any atom is -0.377 e. The van der Waals surface area contributed by atoms with E-state index in [1.165, 1.54) is 0 Å². The zero-order valence-corrected chi connectivity index (χ0v) is 10.5. The minimum absolute atomic E-state index is 0.341. The average molecular weight is 253 g/mol. The smallest absolute Gasteiger partial charge is 0.156 e. The molecule has 0 unspecified atom stereocenters. The van der Waals surface area contributed by atoms with Gasteiger partial charge in [0, 0.05) is 25.9 Å². The summed E-state index contributed by atoms with van der Waals surface area (Å²) < 4.78 is 6.86. The normalized spacial score (nSPS) is 10.8. The molecule has 2 heterocycles. The number of methoxy groups -OCH3 is 1. The molecule has 2 rings (SSSR count). The summed E-state index contributed by atoms with van der Waals surface area (Å²) in [5.74, 6) is 0.568. The molecule has 0 bridgehead atoms. The molecule has 6 heteroatoms. The van der Waals surface area contributed by atoms with Gasteiger partial charge in [-0.15, -0.1) is 0 Å². The van der Waals surface area contributed by atoms with E-state index in [2.05, 4.69) is 15.1 Å². The van der Waals surface area contributed by atoms with Gasteiger partial charge in [-0.05, 0) is 13.0 Å². The number of ether oxygens (including phenoxy) is 1. The standard InChI is InChI=1S/C11H13ClN4O/c1-3-16-9(4-5-13-16)8-6-10(12)15-11(14-8)7-17-2/h4-6H,3,7H2,1-2H3. The van der Waals surface area contributed by atoms with Gasteiger partial charge in [-0.25, -0.2) is 9.97 Å². The van der Waals surface area contributed by atoms with Gasteiger partial charge in [-0.3, -0.25) is 4.68 Å². The molecular formula is C11H13ClN4O. The molecule has 0 aliphatic heterocycles. The van der Waals surface area contributed by atoms with Crippen LogP contribution in [0.3, 0.4) is 0 Å². The van der Waals surface area contributed by atoms with E-state index in [1.54, 1.807) is 19.4 Å². The summed E-state index contributed by atoms with van der Waals surface area (Å²) in [5.41, 5.74) is 1.69. The molecule has 5 nitrogen and oxygen atoms in total. The fourth-order valence-electron chi connectivity index (χ4n) is 1.59. The van der Waals surface area contributed by atoms with Gasteiger partial charge in [0.2, 0.25) is 0 Å². The Balaban J connectivity index is 2.44. The van der Waals surface area contributed by atoms with Crippen molar-refractivity contribution in [1.82, 2.24) is 19.7 Å². The third kappa shape index (κ3) is 2.62. The molecule has 0 radical (unpaired) electrons. The van der Waals surface area contributed by atoms with Crippen molar-refractivity contribution in [3.8, 4) is 11.4 Å². The molecular weight excluding hydrogens is 240 g/mol. The zero-order chi connectivity index (χ0) is 12.3. The Labute approximate surface area is 104 Å². The number of hydrogen-bond acceptors (Lipinski definition) is 4. The Morgan fingerprint density at radius 3 is 2.94 bits per heavy atom. The van der Waals surface area contributed by atoms with Gasteiger partial charge in [0.25, 0.3) is 0 Å². The SMILES string of the molecule is CCn1nccc1-c1cc(Cl)nc(COC)n1. The maximum Gasteiger partial charge on any atom is 0.156 e. The first-order chi connectivity index (χ1) is 8.24. The lowest BCUT2D eigenvalue weighted by atomic mass is 10.3. The maximum absolute atomic E-state index is 5.96. The van der Waals surface area contributed by atoms with Crippen molar-refractivity contribution in [2.75, 3.05) is 7.11 Å². The first kappa shape index (κ1) is 12.0. The van der Waals surface area contributed by atoms with Crippen LogP contribution in [-0.2, 0) is 17.9 Å². The van der Waals surface area contributed by atoms with Crippen LogP contribution in [0.2, 0.25) is 5.15 Å². The third-order valence-corrected chi connectivity index (χ3v) is 2.49. The Morgan fingerprint density at radius 2 is 2.24 bits per heavy atom. The number of hydrogen-bond donors (Lipinski definition) is 0. The predicted octanol–water partition coefficient (Wildman–Crippen LogP) is 2.16. The second kappa shape index (κ2) is 5.25. The van der Waals surface area contributed by atoms with Crippen LogP contribution in [0.5, 0.6) is 0 Å². The maximum atomic E-state index is 5.96. The highest BCUT2D eigenvalue weighted by molar-refractivity contribution is 6.29. The van der Waals surface area contributed by atoms with Crippen LogP contribution in [0.25, 0.3) is 11.4 Å². The van der Waals surface area contributed by atoms with Gasteiger partial charge in [-0.1, -0.05) is 11.6 Å². The Bertz CT molecular complexity index is 512.